The molecule has 5 heterocycles. The van der Waals surface area contributed by atoms with Crippen molar-refractivity contribution in [3.05, 3.63) is 212 Å². The molecule has 14 aromatic rings. The second-order valence-electron chi connectivity index (χ2n) is 16.4. The Bertz CT molecular complexity index is 4180. The highest BCUT2D eigenvalue weighted by molar-refractivity contribution is 6.26. The van der Waals surface area contributed by atoms with E-state index in [1.165, 1.54) is 5.39 Å². The summed E-state index contributed by atoms with van der Waals surface area (Å²) in [6.07, 6.45) is 0. The Hall–Kier alpha value is -8.81. The quantitative estimate of drug-likeness (QED) is 0.174. The molecule has 0 aliphatic carbocycles. The lowest BCUT2D eigenvalue weighted by atomic mass is 10.1. The molecule has 0 atom stereocenters. The van der Waals surface area contributed by atoms with Gasteiger partial charge in [-0.3, -0.25) is 9.13 Å². The van der Waals surface area contributed by atoms with Gasteiger partial charge in [0.1, 0.15) is 0 Å². The van der Waals surface area contributed by atoms with Crippen LogP contribution >= 0.6 is 0 Å². The molecule has 0 radical (unpaired) electrons. The zero-order valence-corrected chi connectivity index (χ0v) is 34.3. The summed E-state index contributed by atoms with van der Waals surface area (Å²) in [4.78, 5) is 16.4. The van der Waals surface area contributed by atoms with Gasteiger partial charge in [0.2, 0.25) is 11.9 Å². The van der Waals surface area contributed by atoms with Crippen LogP contribution < -0.4 is 0 Å². The van der Waals surface area contributed by atoms with Crippen LogP contribution in [0.15, 0.2) is 212 Å². The largest absolute Gasteiger partial charge is 0.309 e. The van der Waals surface area contributed by atoms with E-state index in [0.29, 0.717) is 17.7 Å². The van der Waals surface area contributed by atoms with Gasteiger partial charge < -0.3 is 9.13 Å². The predicted octanol–water partition coefficient (Wildman–Crippen LogP) is 13.9. The fourth-order valence-electron chi connectivity index (χ4n) is 10.3. The Morgan fingerprint density at radius 2 is 0.688 bits per heavy atom. The third-order valence-electron chi connectivity index (χ3n) is 13.0. The van der Waals surface area contributed by atoms with Gasteiger partial charge in [0.05, 0.1) is 44.1 Å². The number of aromatic nitrogens is 7. The molecule has 298 valence electrons. The summed E-state index contributed by atoms with van der Waals surface area (Å²) < 4.78 is 9.25. The molecule has 0 amide bonds. The summed E-state index contributed by atoms with van der Waals surface area (Å²) in [5, 5.41) is 9.17. The summed E-state index contributed by atoms with van der Waals surface area (Å²) in [6.45, 7) is 0. The summed E-state index contributed by atoms with van der Waals surface area (Å²) in [5.74, 6) is 1.69. The van der Waals surface area contributed by atoms with Crippen LogP contribution in [-0.4, -0.2) is 33.2 Å². The SMILES string of the molecule is c1ccc(-c2nc(-n3c4ccccc4c4cc5c(cc43)c3ccccc3n5-c3ccccc3)nc(-n3c4ccccc4c4ccc5c(c6ccccc6n5-c5ccccc5)c43)n2)cc1. The van der Waals surface area contributed by atoms with Crippen molar-refractivity contribution in [2.45, 2.75) is 0 Å². The van der Waals surface area contributed by atoms with Gasteiger partial charge in [0.25, 0.3) is 0 Å². The first-order valence-corrected chi connectivity index (χ1v) is 21.6. The zero-order valence-electron chi connectivity index (χ0n) is 34.3. The molecular formula is C57H35N7. The van der Waals surface area contributed by atoms with Crippen molar-refractivity contribution < 1.29 is 0 Å². The fraction of sp³-hybridized carbons (Fsp3) is 0. The molecule has 0 spiro atoms. The predicted molar refractivity (Wildman–Crippen MR) is 263 cm³/mol. The van der Waals surface area contributed by atoms with Crippen molar-refractivity contribution >= 4 is 87.2 Å². The van der Waals surface area contributed by atoms with Crippen LogP contribution in [0.4, 0.5) is 0 Å². The van der Waals surface area contributed by atoms with Gasteiger partial charge in [-0.25, -0.2) is 0 Å². The normalized spacial score (nSPS) is 12.1. The molecule has 14 rings (SSSR count). The van der Waals surface area contributed by atoms with Gasteiger partial charge in [-0.1, -0.05) is 146 Å². The highest BCUT2D eigenvalue weighted by Crippen LogP contribution is 2.43. The number of fused-ring (bicyclic) bond motifs is 13. The van der Waals surface area contributed by atoms with Crippen LogP contribution in [0, 0.1) is 0 Å². The first kappa shape index (κ1) is 34.9. The number of hydrogen-bond donors (Lipinski definition) is 0. The van der Waals surface area contributed by atoms with Crippen LogP contribution in [0.25, 0.3) is 122 Å². The minimum Gasteiger partial charge on any atom is -0.309 e. The van der Waals surface area contributed by atoms with E-state index in [0.717, 1.165) is 98.8 Å². The molecule has 0 N–H and O–H groups in total. The van der Waals surface area contributed by atoms with Crippen LogP contribution in [0.2, 0.25) is 0 Å². The Labute approximate surface area is 366 Å². The molecule has 5 aromatic heterocycles. The third-order valence-corrected chi connectivity index (χ3v) is 13.0. The van der Waals surface area contributed by atoms with Gasteiger partial charge in [-0.05, 0) is 66.7 Å². The maximum absolute atomic E-state index is 5.58. The van der Waals surface area contributed by atoms with E-state index in [1.54, 1.807) is 0 Å². The number of rotatable bonds is 5. The molecule has 0 saturated carbocycles. The molecule has 9 aromatic carbocycles. The molecular weight excluding hydrogens is 783 g/mol. The van der Waals surface area contributed by atoms with E-state index in [9.17, 15) is 0 Å². The summed E-state index contributed by atoms with van der Waals surface area (Å²) in [5.41, 5.74) is 11.8. The average Bonchev–Trinajstić information content (AvgIpc) is 4.09. The second-order valence-corrected chi connectivity index (χ2v) is 16.4. The van der Waals surface area contributed by atoms with Crippen molar-refractivity contribution in [2.75, 3.05) is 0 Å². The second kappa shape index (κ2) is 13.3. The van der Waals surface area contributed by atoms with Crippen LogP contribution in [0.1, 0.15) is 0 Å². The molecule has 64 heavy (non-hydrogen) atoms. The summed E-state index contributed by atoms with van der Waals surface area (Å²) >= 11 is 0. The standard InChI is InChI=1S/C57H35N7/c1-4-18-36(19-5-1)55-58-56(63-47-29-15-12-26-41(47)45-34-51-44(35-52(45)63)40-25-11-14-28-46(40)62(51)38-22-8-3-9-23-38)60-57(59-55)64-48-30-16-10-24-39(48)42-32-33-50-53(54(42)64)43-27-13-17-31-49(43)61(50)37-20-6-2-7-21-37/h1-35H. The van der Waals surface area contributed by atoms with Gasteiger partial charge in [-0.2, -0.15) is 15.0 Å². The van der Waals surface area contributed by atoms with E-state index >= 15 is 0 Å². The maximum atomic E-state index is 5.58. The van der Waals surface area contributed by atoms with Crippen LogP contribution in [-0.2, 0) is 0 Å². The lowest BCUT2D eigenvalue weighted by Crippen LogP contribution is -2.10. The van der Waals surface area contributed by atoms with E-state index in [2.05, 4.69) is 212 Å². The van der Waals surface area contributed by atoms with E-state index in [4.69, 9.17) is 15.0 Å². The lowest BCUT2D eigenvalue weighted by Gasteiger charge is -2.13. The highest BCUT2D eigenvalue weighted by atomic mass is 15.3. The van der Waals surface area contributed by atoms with Crippen molar-refractivity contribution in [3.8, 4) is 34.7 Å². The molecule has 0 bridgehead atoms. The fourth-order valence-corrected chi connectivity index (χ4v) is 10.3. The van der Waals surface area contributed by atoms with E-state index < -0.39 is 0 Å². The smallest absolute Gasteiger partial charge is 0.240 e. The Kier molecular flexibility index (Phi) is 7.27. The van der Waals surface area contributed by atoms with Crippen molar-refractivity contribution in [3.63, 3.8) is 0 Å². The third kappa shape index (κ3) is 4.89. The minimum atomic E-state index is 0.547. The number of nitrogens with zero attached hydrogens (tertiary/aromatic N) is 7. The van der Waals surface area contributed by atoms with Gasteiger partial charge >= 0.3 is 0 Å². The summed E-state index contributed by atoms with van der Waals surface area (Å²) in [6, 6.07) is 75.3. The highest BCUT2D eigenvalue weighted by Gasteiger charge is 2.25. The lowest BCUT2D eigenvalue weighted by molar-refractivity contribution is 0.894. The monoisotopic (exact) mass is 817 g/mol. The van der Waals surface area contributed by atoms with Crippen molar-refractivity contribution in [1.29, 1.82) is 0 Å². The number of hydrogen-bond acceptors (Lipinski definition) is 3. The van der Waals surface area contributed by atoms with Crippen LogP contribution in [0.5, 0.6) is 0 Å². The first-order chi connectivity index (χ1) is 31.8. The average molecular weight is 818 g/mol. The first-order valence-electron chi connectivity index (χ1n) is 21.6. The van der Waals surface area contributed by atoms with Gasteiger partial charge in [0.15, 0.2) is 5.82 Å². The Morgan fingerprint density at radius 1 is 0.266 bits per heavy atom. The van der Waals surface area contributed by atoms with Crippen molar-refractivity contribution in [1.82, 2.24) is 33.2 Å². The molecule has 7 nitrogen and oxygen atoms in total. The number of benzene rings is 9. The molecule has 7 heteroatoms. The molecule has 0 aliphatic rings. The van der Waals surface area contributed by atoms with E-state index in [-0.39, 0.29) is 0 Å². The molecule has 0 unspecified atom stereocenters. The zero-order chi connectivity index (χ0) is 41.9. The Balaban J connectivity index is 1.12. The molecule has 0 fully saturated rings. The van der Waals surface area contributed by atoms with E-state index in [1.807, 2.05) is 18.2 Å². The summed E-state index contributed by atoms with van der Waals surface area (Å²) in [7, 11) is 0. The number of para-hydroxylation sites is 6. The molecule has 0 aliphatic heterocycles. The topological polar surface area (TPSA) is 58.4 Å². The Morgan fingerprint density at radius 3 is 1.28 bits per heavy atom. The maximum Gasteiger partial charge on any atom is 0.240 e. The van der Waals surface area contributed by atoms with Crippen molar-refractivity contribution in [2.24, 2.45) is 0 Å². The van der Waals surface area contributed by atoms with Gasteiger partial charge in [-0.15, -0.1) is 0 Å². The minimum absolute atomic E-state index is 0.547. The van der Waals surface area contributed by atoms with Gasteiger partial charge in [0, 0.05) is 60.0 Å². The molecule has 0 saturated heterocycles. The van der Waals surface area contributed by atoms with Crippen LogP contribution in [0.3, 0.4) is 0 Å².